The summed E-state index contributed by atoms with van der Waals surface area (Å²) in [5.74, 6) is 0.191. The molecule has 2 N–H and O–H groups in total. The molecule has 2 rings (SSSR count). The second-order valence-electron chi connectivity index (χ2n) is 4.95. The monoisotopic (exact) mass is 226 g/mol. The van der Waals surface area contributed by atoms with E-state index >= 15 is 0 Å². The van der Waals surface area contributed by atoms with Crippen LogP contribution in [0.2, 0.25) is 0 Å². The third kappa shape index (κ3) is 2.55. The predicted molar refractivity (Wildman–Crippen MR) is 62.0 cm³/mol. The first-order valence-corrected chi connectivity index (χ1v) is 6.38. The highest BCUT2D eigenvalue weighted by Crippen LogP contribution is 2.33. The molecule has 0 unspecified atom stereocenters. The molecule has 0 aromatic rings. The molecular formula is C12H22N2O2. The quantitative estimate of drug-likeness (QED) is 0.761. The van der Waals surface area contributed by atoms with Crippen LogP contribution in [0.3, 0.4) is 0 Å². The Morgan fingerprint density at radius 1 is 1.31 bits per heavy atom. The Bertz CT molecular complexity index is 244. The molecule has 2 fully saturated rings. The SMILES string of the molecule is NCCC(=O)N1CCC[C@@]2(CCCCO2)C1. The molecule has 1 spiro atoms. The van der Waals surface area contributed by atoms with Crippen molar-refractivity contribution >= 4 is 5.91 Å². The molecule has 4 nitrogen and oxygen atoms in total. The number of likely N-dealkylation sites (tertiary alicyclic amines) is 1. The molecule has 0 aromatic carbocycles. The number of rotatable bonds is 2. The number of piperidine rings is 1. The molecular weight excluding hydrogens is 204 g/mol. The first-order chi connectivity index (χ1) is 7.76. The molecule has 2 saturated heterocycles. The average Bonchev–Trinajstić information content (AvgIpc) is 2.30. The lowest BCUT2D eigenvalue weighted by atomic mass is 9.85. The fourth-order valence-electron chi connectivity index (χ4n) is 2.82. The fraction of sp³-hybridized carbons (Fsp3) is 0.917. The average molecular weight is 226 g/mol. The lowest BCUT2D eigenvalue weighted by Crippen LogP contribution is -2.53. The Hall–Kier alpha value is -0.610. The molecule has 2 aliphatic heterocycles. The van der Waals surface area contributed by atoms with E-state index in [1.807, 2.05) is 4.90 Å². The number of ether oxygens (including phenoxy) is 1. The van der Waals surface area contributed by atoms with E-state index in [1.165, 1.54) is 12.8 Å². The van der Waals surface area contributed by atoms with Crippen LogP contribution < -0.4 is 5.73 Å². The summed E-state index contributed by atoms with van der Waals surface area (Å²) in [4.78, 5) is 13.8. The van der Waals surface area contributed by atoms with Gasteiger partial charge in [0.25, 0.3) is 0 Å². The summed E-state index contributed by atoms with van der Waals surface area (Å²) in [7, 11) is 0. The van der Waals surface area contributed by atoms with Crippen molar-refractivity contribution in [3.8, 4) is 0 Å². The molecule has 4 heteroatoms. The number of hydrogen-bond donors (Lipinski definition) is 1. The van der Waals surface area contributed by atoms with Crippen LogP contribution in [0, 0.1) is 0 Å². The zero-order valence-electron chi connectivity index (χ0n) is 9.91. The number of amides is 1. The van der Waals surface area contributed by atoms with Gasteiger partial charge >= 0.3 is 0 Å². The maximum absolute atomic E-state index is 11.8. The molecule has 0 bridgehead atoms. The molecule has 0 aliphatic carbocycles. The predicted octanol–water partition coefficient (Wildman–Crippen LogP) is 0.897. The summed E-state index contributed by atoms with van der Waals surface area (Å²) in [5.41, 5.74) is 5.40. The van der Waals surface area contributed by atoms with Gasteiger partial charge in [-0.3, -0.25) is 4.79 Å². The van der Waals surface area contributed by atoms with E-state index in [0.717, 1.165) is 39.0 Å². The maximum atomic E-state index is 11.8. The minimum Gasteiger partial charge on any atom is -0.373 e. The van der Waals surface area contributed by atoms with Gasteiger partial charge in [0.1, 0.15) is 0 Å². The minimum absolute atomic E-state index is 0.0270. The summed E-state index contributed by atoms with van der Waals surface area (Å²) in [6.45, 7) is 2.97. The summed E-state index contributed by atoms with van der Waals surface area (Å²) < 4.78 is 5.94. The Labute approximate surface area is 97.1 Å². The topological polar surface area (TPSA) is 55.6 Å². The normalized spacial score (nSPS) is 30.7. The maximum Gasteiger partial charge on any atom is 0.223 e. The molecule has 16 heavy (non-hydrogen) atoms. The Kier molecular flexibility index (Phi) is 3.82. The molecule has 0 aromatic heterocycles. The standard InChI is InChI=1S/C12H22N2O2/c13-7-4-11(15)14-8-3-6-12(10-14)5-1-2-9-16-12/h1-10,13H2/t12-/m0/s1. The molecule has 0 radical (unpaired) electrons. The van der Waals surface area contributed by atoms with Gasteiger partial charge in [-0.2, -0.15) is 0 Å². The largest absolute Gasteiger partial charge is 0.373 e. The van der Waals surface area contributed by atoms with Crippen LogP contribution in [0.25, 0.3) is 0 Å². The third-order valence-electron chi connectivity index (χ3n) is 3.69. The molecule has 0 saturated carbocycles. The molecule has 2 heterocycles. The van der Waals surface area contributed by atoms with E-state index in [4.69, 9.17) is 10.5 Å². The van der Waals surface area contributed by atoms with Gasteiger partial charge in [-0.05, 0) is 32.1 Å². The van der Waals surface area contributed by atoms with Crippen LogP contribution in [-0.2, 0) is 9.53 Å². The Balaban J connectivity index is 1.94. The van der Waals surface area contributed by atoms with Crippen LogP contribution >= 0.6 is 0 Å². The first kappa shape index (κ1) is 11.9. The van der Waals surface area contributed by atoms with Crippen LogP contribution in [0.1, 0.15) is 38.5 Å². The van der Waals surface area contributed by atoms with Crippen molar-refractivity contribution in [2.24, 2.45) is 5.73 Å². The number of carbonyl (C=O) groups excluding carboxylic acids is 1. The van der Waals surface area contributed by atoms with E-state index in [-0.39, 0.29) is 11.5 Å². The van der Waals surface area contributed by atoms with Crippen molar-refractivity contribution in [2.45, 2.75) is 44.1 Å². The Morgan fingerprint density at radius 2 is 2.12 bits per heavy atom. The molecule has 2 aliphatic rings. The van der Waals surface area contributed by atoms with Gasteiger partial charge in [-0.1, -0.05) is 0 Å². The van der Waals surface area contributed by atoms with E-state index < -0.39 is 0 Å². The smallest absolute Gasteiger partial charge is 0.223 e. The van der Waals surface area contributed by atoms with Crippen molar-refractivity contribution < 1.29 is 9.53 Å². The van der Waals surface area contributed by atoms with E-state index in [0.29, 0.717) is 13.0 Å². The highest BCUT2D eigenvalue weighted by Gasteiger charge is 2.38. The number of nitrogens with two attached hydrogens (primary N) is 1. The molecule has 1 atom stereocenters. The van der Waals surface area contributed by atoms with Crippen molar-refractivity contribution in [3.05, 3.63) is 0 Å². The van der Waals surface area contributed by atoms with E-state index in [2.05, 4.69) is 0 Å². The second-order valence-corrected chi connectivity index (χ2v) is 4.95. The van der Waals surface area contributed by atoms with Gasteiger partial charge in [0.05, 0.1) is 5.60 Å². The summed E-state index contributed by atoms with van der Waals surface area (Å²) in [5, 5.41) is 0. The molecule has 1 amide bonds. The van der Waals surface area contributed by atoms with Gasteiger partial charge in [-0.25, -0.2) is 0 Å². The summed E-state index contributed by atoms with van der Waals surface area (Å²) >= 11 is 0. The van der Waals surface area contributed by atoms with Crippen LogP contribution in [0.5, 0.6) is 0 Å². The van der Waals surface area contributed by atoms with Crippen molar-refractivity contribution in [2.75, 3.05) is 26.2 Å². The van der Waals surface area contributed by atoms with Crippen LogP contribution in [-0.4, -0.2) is 42.6 Å². The number of carbonyl (C=O) groups is 1. The lowest BCUT2D eigenvalue weighted by Gasteiger charge is -2.44. The van der Waals surface area contributed by atoms with Gasteiger partial charge in [0.2, 0.25) is 5.91 Å². The van der Waals surface area contributed by atoms with E-state index in [1.54, 1.807) is 0 Å². The van der Waals surface area contributed by atoms with Crippen molar-refractivity contribution in [3.63, 3.8) is 0 Å². The second kappa shape index (κ2) is 5.15. The Morgan fingerprint density at radius 3 is 2.81 bits per heavy atom. The first-order valence-electron chi connectivity index (χ1n) is 6.38. The minimum atomic E-state index is -0.0270. The highest BCUT2D eigenvalue weighted by atomic mass is 16.5. The van der Waals surface area contributed by atoms with Crippen molar-refractivity contribution in [1.82, 2.24) is 4.90 Å². The van der Waals surface area contributed by atoms with Crippen LogP contribution in [0.4, 0.5) is 0 Å². The van der Waals surface area contributed by atoms with Gasteiger partial charge in [0.15, 0.2) is 0 Å². The van der Waals surface area contributed by atoms with Gasteiger partial charge < -0.3 is 15.4 Å². The highest BCUT2D eigenvalue weighted by molar-refractivity contribution is 5.76. The van der Waals surface area contributed by atoms with Gasteiger partial charge in [0, 0.05) is 32.7 Å². The van der Waals surface area contributed by atoms with Gasteiger partial charge in [-0.15, -0.1) is 0 Å². The number of nitrogens with zero attached hydrogens (tertiary/aromatic N) is 1. The zero-order valence-corrected chi connectivity index (χ0v) is 9.91. The zero-order chi connectivity index (χ0) is 11.4. The lowest BCUT2D eigenvalue weighted by molar-refractivity contribution is -0.148. The molecule has 92 valence electrons. The third-order valence-corrected chi connectivity index (χ3v) is 3.69. The van der Waals surface area contributed by atoms with E-state index in [9.17, 15) is 4.79 Å². The van der Waals surface area contributed by atoms with Crippen molar-refractivity contribution in [1.29, 1.82) is 0 Å². The van der Waals surface area contributed by atoms with Crippen LogP contribution in [0.15, 0.2) is 0 Å². The number of hydrogen-bond acceptors (Lipinski definition) is 3. The summed E-state index contributed by atoms with van der Waals surface area (Å²) in [6, 6.07) is 0. The summed E-state index contributed by atoms with van der Waals surface area (Å²) in [6.07, 6.45) is 6.16. The fourth-order valence-corrected chi connectivity index (χ4v) is 2.82.